The fraction of sp³-hybridized carbons (Fsp3) is 0.533. The number of likely N-dealkylation sites (tertiary alicyclic amines) is 1. The number of halogens is 1. The summed E-state index contributed by atoms with van der Waals surface area (Å²) in [6.07, 6.45) is 1.69. The Morgan fingerprint density at radius 3 is 2.50 bits per heavy atom. The second kappa shape index (κ2) is 6.81. The number of nitrogens with zero attached hydrogens (tertiary/aromatic N) is 1. The molecule has 1 amide bonds. The molecule has 0 saturated carbocycles. The van der Waals surface area contributed by atoms with E-state index in [0.717, 1.165) is 31.5 Å². The van der Waals surface area contributed by atoms with E-state index in [2.05, 4.69) is 10.2 Å². The van der Waals surface area contributed by atoms with E-state index in [9.17, 15) is 9.18 Å². The molecule has 1 saturated heterocycles. The van der Waals surface area contributed by atoms with Crippen LogP contribution in [0.3, 0.4) is 0 Å². The summed E-state index contributed by atoms with van der Waals surface area (Å²) < 4.78 is 13.0. The van der Waals surface area contributed by atoms with Crippen molar-refractivity contribution in [3.05, 3.63) is 35.6 Å². The Balaban J connectivity index is 2.00. The topological polar surface area (TPSA) is 58.4 Å². The third-order valence-electron chi connectivity index (χ3n) is 4.07. The van der Waals surface area contributed by atoms with Crippen molar-refractivity contribution in [1.29, 1.82) is 0 Å². The summed E-state index contributed by atoms with van der Waals surface area (Å²) in [5.41, 5.74) is 6.91. The van der Waals surface area contributed by atoms with Crippen molar-refractivity contribution in [2.75, 3.05) is 26.7 Å². The average molecular weight is 279 g/mol. The van der Waals surface area contributed by atoms with Gasteiger partial charge in [0, 0.05) is 25.6 Å². The van der Waals surface area contributed by atoms with Gasteiger partial charge < -0.3 is 11.1 Å². The molecular formula is C15H22FN3O. The van der Waals surface area contributed by atoms with E-state index in [1.807, 2.05) is 0 Å². The van der Waals surface area contributed by atoms with E-state index in [4.69, 9.17) is 5.73 Å². The molecule has 0 bridgehead atoms. The highest BCUT2D eigenvalue weighted by Gasteiger charge is 2.28. The highest BCUT2D eigenvalue weighted by atomic mass is 19.1. The molecule has 1 heterocycles. The number of amides is 1. The van der Waals surface area contributed by atoms with Crippen molar-refractivity contribution >= 4 is 5.91 Å². The average Bonchev–Trinajstić information content (AvgIpc) is 2.50. The van der Waals surface area contributed by atoms with Gasteiger partial charge in [0.05, 0.1) is 0 Å². The summed E-state index contributed by atoms with van der Waals surface area (Å²) >= 11 is 0. The zero-order valence-electron chi connectivity index (χ0n) is 11.8. The first kappa shape index (κ1) is 14.9. The van der Waals surface area contributed by atoms with Crippen LogP contribution < -0.4 is 11.1 Å². The highest BCUT2D eigenvalue weighted by Crippen LogP contribution is 2.26. The van der Waals surface area contributed by atoms with Gasteiger partial charge in [-0.15, -0.1) is 0 Å². The zero-order valence-corrected chi connectivity index (χ0v) is 11.8. The van der Waals surface area contributed by atoms with E-state index in [1.165, 1.54) is 12.1 Å². The van der Waals surface area contributed by atoms with Gasteiger partial charge in [-0.25, -0.2) is 4.39 Å². The third kappa shape index (κ3) is 3.35. The Hall–Kier alpha value is -1.46. The van der Waals surface area contributed by atoms with E-state index >= 15 is 0 Å². The minimum atomic E-state index is -0.233. The van der Waals surface area contributed by atoms with Crippen LogP contribution in [0.4, 0.5) is 4.39 Å². The molecule has 1 unspecified atom stereocenters. The number of piperidine rings is 1. The standard InChI is InChI=1S/C15H22FN3O/c1-18-15(20)12-6-8-19(9-7-12)14(10-17)11-2-4-13(16)5-3-11/h2-5,12,14H,6-10,17H2,1H3,(H,18,20). The Labute approximate surface area is 119 Å². The van der Waals surface area contributed by atoms with Crippen LogP contribution in [-0.2, 0) is 4.79 Å². The van der Waals surface area contributed by atoms with Gasteiger partial charge >= 0.3 is 0 Å². The number of hydrogen-bond acceptors (Lipinski definition) is 3. The number of benzene rings is 1. The summed E-state index contributed by atoms with van der Waals surface area (Å²) in [7, 11) is 1.68. The third-order valence-corrected chi connectivity index (χ3v) is 4.07. The molecule has 1 aromatic rings. The molecule has 0 radical (unpaired) electrons. The van der Waals surface area contributed by atoms with Gasteiger partial charge in [-0.1, -0.05) is 12.1 Å². The van der Waals surface area contributed by atoms with Crippen LogP contribution >= 0.6 is 0 Å². The van der Waals surface area contributed by atoms with Crippen LogP contribution in [0.1, 0.15) is 24.4 Å². The van der Waals surface area contributed by atoms with Crippen molar-refractivity contribution in [3.63, 3.8) is 0 Å². The maximum absolute atomic E-state index is 13.0. The first-order chi connectivity index (χ1) is 9.65. The Morgan fingerprint density at radius 2 is 2.00 bits per heavy atom. The quantitative estimate of drug-likeness (QED) is 0.873. The highest BCUT2D eigenvalue weighted by molar-refractivity contribution is 5.78. The number of nitrogens with two attached hydrogens (primary N) is 1. The lowest BCUT2D eigenvalue weighted by atomic mass is 9.93. The van der Waals surface area contributed by atoms with Crippen molar-refractivity contribution < 1.29 is 9.18 Å². The molecule has 1 fully saturated rings. The second-order valence-corrected chi connectivity index (χ2v) is 5.23. The lowest BCUT2D eigenvalue weighted by Crippen LogP contribution is -2.43. The van der Waals surface area contributed by atoms with Crippen LogP contribution in [0.15, 0.2) is 24.3 Å². The smallest absolute Gasteiger partial charge is 0.222 e. The summed E-state index contributed by atoms with van der Waals surface area (Å²) in [4.78, 5) is 13.9. The van der Waals surface area contributed by atoms with E-state index in [1.54, 1.807) is 19.2 Å². The second-order valence-electron chi connectivity index (χ2n) is 5.23. The predicted molar refractivity (Wildman–Crippen MR) is 76.6 cm³/mol. The molecule has 0 aliphatic carbocycles. The van der Waals surface area contributed by atoms with Gasteiger partial charge in [-0.2, -0.15) is 0 Å². The van der Waals surface area contributed by atoms with E-state index in [0.29, 0.717) is 6.54 Å². The van der Waals surface area contributed by atoms with Crippen molar-refractivity contribution in [1.82, 2.24) is 10.2 Å². The van der Waals surface area contributed by atoms with Gasteiger partial charge in [0.25, 0.3) is 0 Å². The maximum Gasteiger partial charge on any atom is 0.222 e. The van der Waals surface area contributed by atoms with E-state index in [-0.39, 0.29) is 23.7 Å². The molecule has 110 valence electrons. The van der Waals surface area contributed by atoms with Crippen molar-refractivity contribution in [2.24, 2.45) is 11.7 Å². The number of carbonyl (C=O) groups excluding carboxylic acids is 1. The molecule has 4 nitrogen and oxygen atoms in total. The molecule has 0 spiro atoms. The number of carbonyl (C=O) groups is 1. The molecule has 3 N–H and O–H groups in total. The van der Waals surface area contributed by atoms with Gasteiger partial charge in [0.15, 0.2) is 0 Å². The summed E-state index contributed by atoms with van der Waals surface area (Å²) in [6, 6.07) is 6.61. The fourth-order valence-electron chi connectivity index (χ4n) is 2.86. The van der Waals surface area contributed by atoms with Gasteiger partial charge in [-0.05, 0) is 43.6 Å². The lowest BCUT2D eigenvalue weighted by molar-refractivity contribution is -0.126. The molecule has 1 atom stereocenters. The van der Waals surface area contributed by atoms with Gasteiger partial charge in [0.2, 0.25) is 5.91 Å². The Morgan fingerprint density at radius 1 is 1.40 bits per heavy atom. The van der Waals surface area contributed by atoms with Crippen LogP contribution in [-0.4, -0.2) is 37.5 Å². The molecule has 1 aromatic carbocycles. The minimum absolute atomic E-state index is 0.0984. The molecule has 0 aromatic heterocycles. The Kier molecular flexibility index (Phi) is 5.09. The predicted octanol–water partition coefficient (Wildman–Crippen LogP) is 1.28. The van der Waals surface area contributed by atoms with Crippen LogP contribution in [0.5, 0.6) is 0 Å². The number of hydrogen-bond donors (Lipinski definition) is 2. The van der Waals surface area contributed by atoms with Gasteiger partial charge in [0.1, 0.15) is 5.82 Å². The van der Waals surface area contributed by atoms with Gasteiger partial charge in [-0.3, -0.25) is 9.69 Å². The van der Waals surface area contributed by atoms with Crippen LogP contribution in [0, 0.1) is 11.7 Å². The number of nitrogens with one attached hydrogen (secondary N) is 1. The molecule has 20 heavy (non-hydrogen) atoms. The summed E-state index contributed by atoms with van der Waals surface area (Å²) in [6.45, 7) is 2.19. The fourth-order valence-corrected chi connectivity index (χ4v) is 2.86. The Bertz CT molecular complexity index is 441. The maximum atomic E-state index is 13.0. The lowest BCUT2D eigenvalue weighted by Gasteiger charge is -2.36. The van der Waals surface area contributed by atoms with E-state index < -0.39 is 0 Å². The zero-order chi connectivity index (χ0) is 14.5. The number of rotatable bonds is 4. The first-order valence-corrected chi connectivity index (χ1v) is 7.07. The SMILES string of the molecule is CNC(=O)C1CCN(C(CN)c2ccc(F)cc2)CC1. The molecule has 5 heteroatoms. The van der Waals surface area contributed by atoms with Crippen LogP contribution in [0.2, 0.25) is 0 Å². The van der Waals surface area contributed by atoms with Crippen molar-refractivity contribution in [2.45, 2.75) is 18.9 Å². The summed E-state index contributed by atoms with van der Waals surface area (Å²) in [5.74, 6) is -0.0125. The molecule has 2 rings (SSSR count). The minimum Gasteiger partial charge on any atom is -0.359 e. The normalized spacial score (nSPS) is 18.8. The van der Waals surface area contributed by atoms with Crippen LogP contribution in [0.25, 0.3) is 0 Å². The summed E-state index contributed by atoms with van der Waals surface area (Å²) in [5, 5.41) is 2.71. The molecular weight excluding hydrogens is 257 g/mol. The first-order valence-electron chi connectivity index (χ1n) is 7.07. The largest absolute Gasteiger partial charge is 0.359 e. The molecule has 1 aliphatic heterocycles. The van der Waals surface area contributed by atoms with Crippen molar-refractivity contribution in [3.8, 4) is 0 Å². The molecule has 1 aliphatic rings. The monoisotopic (exact) mass is 279 g/mol.